The van der Waals surface area contributed by atoms with Crippen LogP contribution in [0.15, 0.2) is 24.3 Å². The molecular weight excluding hydrogens is 214 g/mol. The van der Waals surface area contributed by atoms with Crippen LogP contribution in [0.25, 0.3) is 0 Å². The topological polar surface area (TPSA) is 38.3 Å². The molecule has 1 unspecified atom stereocenters. The molecule has 1 aromatic carbocycles. The minimum absolute atomic E-state index is 0.347. The number of carbonyl (C=O) groups is 1. The van der Waals surface area contributed by atoms with Crippen molar-refractivity contribution in [3.05, 3.63) is 34.9 Å². The van der Waals surface area contributed by atoms with Crippen molar-refractivity contribution in [2.24, 2.45) is 0 Å². The maximum Gasteiger partial charge on any atom is 0.407 e. The predicted molar refractivity (Wildman–Crippen MR) is 57.9 cm³/mol. The first-order chi connectivity index (χ1) is 7.10. The van der Waals surface area contributed by atoms with Gasteiger partial charge in [0.1, 0.15) is 0 Å². The molecule has 1 aliphatic rings. The lowest BCUT2D eigenvalue weighted by Gasteiger charge is -2.34. The van der Waals surface area contributed by atoms with Gasteiger partial charge in [0.05, 0.1) is 12.1 Å². The molecule has 1 aromatic rings. The highest BCUT2D eigenvalue weighted by molar-refractivity contribution is 6.30. The highest BCUT2D eigenvalue weighted by atomic mass is 35.5. The summed E-state index contributed by atoms with van der Waals surface area (Å²) in [5, 5.41) is 3.52. The second kappa shape index (κ2) is 3.74. The molecule has 0 saturated carbocycles. The molecule has 0 spiro atoms. The fraction of sp³-hybridized carbons (Fsp3) is 0.364. The fourth-order valence-electron chi connectivity index (χ4n) is 1.71. The number of benzene rings is 1. The number of alkyl carbamates (subject to hydrolysis) is 1. The molecule has 1 atom stereocenters. The number of hydrogen-bond acceptors (Lipinski definition) is 2. The normalized spacial score (nSPS) is 25.6. The van der Waals surface area contributed by atoms with Crippen molar-refractivity contribution in [2.75, 3.05) is 6.61 Å². The number of ether oxygens (including phenoxy) is 1. The smallest absolute Gasteiger partial charge is 0.407 e. The third-order valence-corrected chi connectivity index (χ3v) is 2.95. The first-order valence-electron chi connectivity index (χ1n) is 4.81. The van der Waals surface area contributed by atoms with E-state index in [1.165, 1.54) is 0 Å². The summed E-state index contributed by atoms with van der Waals surface area (Å²) in [6, 6.07) is 7.50. The summed E-state index contributed by atoms with van der Waals surface area (Å²) in [6.45, 7) is 2.43. The maximum absolute atomic E-state index is 11.2. The van der Waals surface area contributed by atoms with Crippen LogP contribution in [0.1, 0.15) is 18.9 Å². The van der Waals surface area contributed by atoms with Gasteiger partial charge in [-0.1, -0.05) is 23.7 Å². The summed E-state index contributed by atoms with van der Waals surface area (Å²) >= 11 is 5.81. The second-order valence-electron chi connectivity index (χ2n) is 3.85. The van der Waals surface area contributed by atoms with Gasteiger partial charge in [0, 0.05) is 11.4 Å². The third kappa shape index (κ3) is 2.07. The molecule has 2 rings (SSSR count). The Morgan fingerprint density at radius 1 is 1.40 bits per heavy atom. The summed E-state index contributed by atoms with van der Waals surface area (Å²) in [6.07, 6.45) is 0.402. The molecule has 1 aliphatic heterocycles. The van der Waals surface area contributed by atoms with Crippen LogP contribution >= 0.6 is 11.6 Å². The zero-order valence-electron chi connectivity index (χ0n) is 8.42. The Labute approximate surface area is 93.4 Å². The van der Waals surface area contributed by atoms with E-state index in [-0.39, 0.29) is 11.6 Å². The number of halogens is 1. The summed E-state index contributed by atoms with van der Waals surface area (Å²) in [5.74, 6) is 0. The lowest BCUT2D eigenvalue weighted by molar-refractivity contribution is 0.0916. The molecule has 0 aromatic heterocycles. The van der Waals surface area contributed by atoms with Crippen LogP contribution in [-0.4, -0.2) is 12.7 Å². The minimum Gasteiger partial charge on any atom is -0.449 e. The van der Waals surface area contributed by atoms with E-state index in [4.69, 9.17) is 16.3 Å². The molecule has 1 N–H and O–H groups in total. The van der Waals surface area contributed by atoms with E-state index in [9.17, 15) is 4.79 Å². The number of nitrogens with one attached hydrogen (secondary N) is 1. The Morgan fingerprint density at radius 3 is 2.67 bits per heavy atom. The van der Waals surface area contributed by atoms with Crippen molar-refractivity contribution < 1.29 is 9.53 Å². The minimum atomic E-state index is -0.362. The van der Waals surface area contributed by atoms with Gasteiger partial charge in [-0.05, 0) is 24.6 Å². The van der Waals surface area contributed by atoms with Crippen molar-refractivity contribution in [2.45, 2.75) is 18.9 Å². The summed E-state index contributed by atoms with van der Waals surface area (Å²) < 4.78 is 4.84. The highest BCUT2D eigenvalue weighted by Gasteiger charge is 2.32. The van der Waals surface area contributed by atoms with E-state index in [2.05, 4.69) is 5.32 Å². The van der Waals surface area contributed by atoms with Gasteiger partial charge >= 0.3 is 6.09 Å². The van der Waals surface area contributed by atoms with Crippen LogP contribution < -0.4 is 5.32 Å². The number of rotatable bonds is 1. The van der Waals surface area contributed by atoms with Crippen LogP contribution in [-0.2, 0) is 10.3 Å². The Kier molecular flexibility index (Phi) is 2.57. The third-order valence-electron chi connectivity index (χ3n) is 2.69. The number of carbonyl (C=O) groups excluding carboxylic acids is 1. The molecular formula is C11H12ClNO2. The van der Waals surface area contributed by atoms with Crippen LogP contribution in [0.3, 0.4) is 0 Å². The average molecular weight is 226 g/mol. The van der Waals surface area contributed by atoms with Crippen molar-refractivity contribution in [3.63, 3.8) is 0 Å². The molecule has 1 fully saturated rings. The van der Waals surface area contributed by atoms with Crippen molar-refractivity contribution in [1.82, 2.24) is 5.32 Å². The molecule has 15 heavy (non-hydrogen) atoms. The largest absolute Gasteiger partial charge is 0.449 e. The van der Waals surface area contributed by atoms with E-state index in [0.717, 1.165) is 12.0 Å². The van der Waals surface area contributed by atoms with Crippen LogP contribution in [0, 0.1) is 0 Å². The van der Waals surface area contributed by atoms with E-state index < -0.39 is 0 Å². The summed E-state index contributed by atoms with van der Waals surface area (Å²) in [5.41, 5.74) is 0.698. The Hall–Kier alpha value is -1.22. The van der Waals surface area contributed by atoms with Crippen LogP contribution in [0.5, 0.6) is 0 Å². The molecule has 4 heteroatoms. The van der Waals surface area contributed by atoms with Gasteiger partial charge in [-0.3, -0.25) is 0 Å². The quantitative estimate of drug-likeness (QED) is 0.798. The Bertz CT molecular complexity index is 377. The van der Waals surface area contributed by atoms with Crippen molar-refractivity contribution in [3.8, 4) is 0 Å². The standard InChI is InChI=1S/C11H12ClNO2/c1-11(6-7-15-10(14)13-11)8-2-4-9(12)5-3-8/h2-5H,6-7H2,1H3,(H,13,14). The zero-order chi connectivity index (χ0) is 10.9. The number of cyclic esters (lactones) is 1. The van der Waals surface area contributed by atoms with Gasteiger partial charge in [0.2, 0.25) is 0 Å². The number of amides is 1. The molecule has 0 bridgehead atoms. The second-order valence-corrected chi connectivity index (χ2v) is 4.29. The lowest BCUT2D eigenvalue weighted by Crippen LogP contribution is -2.48. The summed E-state index contributed by atoms with van der Waals surface area (Å²) in [4.78, 5) is 11.2. The summed E-state index contributed by atoms with van der Waals surface area (Å²) in [7, 11) is 0. The zero-order valence-corrected chi connectivity index (χ0v) is 9.17. The average Bonchev–Trinajstić information content (AvgIpc) is 2.18. The molecule has 80 valence electrons. The molecule has 1 amide bonds. The van der Waals surface area contributed by atoms with Crippen LogP contribution in [0.2, 0.25) is 5.02 Å². The van der Waals surface area contributed by atoms with Crippen molar-refractivity contribution in [1.29, 1.82) is 0 Å². The first kappa shape index (κ1) is 10.3. The van der Waals surface area contributed by atoms with Gasteiger partial charge in [-0.25, -0.2) is 4.79 Å². The van der Waals surface area contributed by atoms with Crippen LogP contribution in [0.4, 0.5) is 4.79 Å². The lowest BCUT2D eigenvalue weighted by atomic mass is 9.88. The van der Waals surface area contributed by atoms with Gasteiger partial charge < -0.3 is 10.1 Å². The molecule has 0 radical (unpaired) electrons. The highest BCUT2D eigenvalue weighted by Crippen LogP contribution is 2.28. The SMILES string of the molecule is CC1(c2ccc(Cl)cc2)CCOC(=O)N1. The molecule has 1 heterocycles. The number of hydrogen-bond donors (Lipinski definition) is 1. The van der Waals surface area contributed by atoms with Crippen molar-refractivity contribution >= 4 is 17.7 Å². The van der Waals surface area contributed by atoms with E-state index in [0.29, 0.717) is 11.6 Å². The van der Waals surface area contributed by atoms with Gasteiger partial charge in [-0.2, -0.15) is 0 Å². The Morgan fingerprint density at radius 2 is 2.07 bits per heavy atom. The maximum atomic E-state index is 11.2. The van der Waals surface area contributed by atoms with E-state index >= 15 is 0 Å². The molecule has 1 saturated heterocycles. The van der Waals surface area contributed by atoms with Gasteiger partial charge in [0.25, 0.3) is 0 Å². The molecule has 0 aliphatic carbocycles. The van der Waals surface area contributed by atoms with E-state index in [1.54, 1.807) is 0 Å². The molecule has 3 nitrogen and oxygen atoms in total. The monoisotopic (exact) mass is 225 g/mol. The van der Waals surface area contributed by atoms with Gasteiger partial charge in [-0.15, -0.1) is 0 Å². The first-order valence-corrected chi connectivity index (χ1v) is 5.19. The predicted octanol–water partition coefficient (Wildman–Crippen LogP) is 2.69. The van der Waals surface area contributed by atoms with Gasteiger partial charge in [0.15, 0.2) is 0 Å². The Balaban J connectivity index is 2.28. The fourth-order valence-corrected chi connectivity index (χ4v) is 1.83. The van der Waals surface area contributed by atoms with E-state index in [1.807, 2.05) is 31.2 Å².